The number of imide groups is 1. The van der Waals surface area contributed by atoms with E-state index in [9.17, 15) is 27.6 Å². The van der Waals surface area contributed by atoms with E-state index in [-0.39, 0.29) is 18.0 Å². The number of rotatable bonds is 9. The minimum absolute atomic E-state index is 0.142. The van der Waals surface area contributed by atoms with Gasteiger partial charge >= 0.3 is 6.36 Å². The molecule has 0 aromatic heterocycles. The van der Waals surface area contributed by atoms with Crippen molar-refractivity contribution in [3.63, 3.8) is 0 Å². The highest BCUT2D eigenvalue weighted by Gasteiger charge is 2.43. The van der Waals surface area contributed by atoms with Gasteiger partial charge in [-0.3, -0.25) is 14.4 Å². The Labute approximate surface area is 167 Å². The standard InChI is InChI=1S/C20H25F3N2O4/c1-3-4-5-6-7-12-24(14(2)26)17-13-18(27)25(19(17)28)15-8-10-16(11-9-15)29-20(21,22)23/h8-11,17H,3-7,12-13H2,1-2H3/t17-/m0/s1. The molecule has 29 heavy (non-hydrogen) atoms. The van der Waals surface area contributed by atoms with Crippen LogP contribution in [0.2, 0.25) is 0 Å². The molecule has 160 valence electrons. The summed E-state index contributed by atoms with van der Waals surface area (Å²) >= 11 is 0. The molecule has 0 aliphatic carbocycles. The second-order valence-electron chi connectivity index (χ2n) is 6.96. The molecular weight excluding hydrogens is 389 g/mol. The largest absolute Gasteiger partial charge is 0.573 e. The van der Waals surface area contributed by atoms with Gasteiger partial charge in [-0.1, -0.05) is 32.6 Å². The third kappa shape index (κ3) is 6.20. The van der Waals surface area contributed by atoms with Crippen molar-refractivity contribution in [2.75, 3.05) is 11.4 Å². The molecule has 1 atom stereocenters. The van der Waals surface area contributed by atoms with Gasteiger partial charge in [-0.2, -0.15) is 0 Å². The van der Waals surface area contributed by atoms with Crippen LogP contribution in [-0.2, 0) is 14.4 Å². The minimum atomic E-state index is -4.83. The normalized spacial score (nSPS) is 17.0. The average Bonchev–Trinajstić information content (AvgIpc) is 2.91. The van der Waals surface area contributed by atoms with Crippen LogP contribution in [0.25, 0.3) is 0 Å². The number of amides is 3. The van der Waals surface area contributed by atoms with Gasteiger partial charge in [0.15, 0.2) is 0 Å². The van der Waals surface area contributed by atoms with Gasteiger partial charge in [0, 0.05) is 13.5 Å². The zero-order chi connectivity index (χ0) is 21.6. The molecule has 1 saturated heterocycles. The van der Waals surface area contributed by atoms with E-state index in [0.29, 0.717) is 6.54 Å². The smallest absolute Gasteiger partial charge is 0.406 e. The summed E-state index contributed by atoms with van der Waals surface area (Å²) in [5.74, 6) is -1.79. The van der Waals surface area contributed by atoms with E-state index in [1.165, 1.54) is 24.0 Å². The van der Waals surface area contributed by atoms with Crippen molar-refractivity contribution >= 4 is 23.4 Å². The summed E-state index contributed by atoms with van der Waals surface area (Å²) in [7, 11) is 0. The number of anilines is 1. The molecule has 3 amide bonds. The predicted molar refractivity (Wildman–Crippen MR) is 100 cm³/mol. The fraction of sp³-hybridized carbons (Fsp3) is 0.550. The fourth-order valence-electron chi connectivity index (χ4n) is 3.35. The van der Waals surface area contributed by atoms with Crippen LogP contribution in [0, 0.1) is 0 Å². The molecule has 1 aromatic rings. The summed E-state index contributed by atoms with van der Waals surface area (Å²) in [5, 5.41) is 0. The van der Waals surface area contributed by atoms with Crippen molar-refractivity contribution in [2.24, 2.45) is 0 Å². The van der Waals surface area contributed by atoms with Crippen LogP contribution in [0.1, 0.15) is 52.4 Å². The maximum atomic E-state index is 12.8. The zero-order valence-corrected chi connectivity index (χ0v) is 16.5. The van der Waals surface area contributed by atoms with E-state index in [0.717, 1.165) is 49.1 Å². The van der Waals surface area contributed by atoms with Crippen LogP contribution in [-0.4, -0.2) is 41.6 Å². The highest BCUT2D eigenvalue weighted by atomic mass is 19.4. The van der Waals surface area contributed by atoms with Gasteiger partial charge in [-0.05, 0) is 30.7 Å². The number of carbonyl (C=O) groups is 3. The molecule has 0 saturated carbocycles. The first kappa shape index (κ1) is 22.7. The predicted octanol–water partition coefficient (Wildman–Crippen LogP) is 4.04. The first-order valence-corrected chi connectivity index (χ1v) is 9.64. The lowest BCUT2D eigenvalue weighted by Crippen LogP contribution is -2.45. The Morgan fingerprint density at radius 1 is 1.14 bits per heavy atom. The van der Waals surface area contributed by atoms with Gasteiger partial charge in [0.25, 0.3) is 5.91 Å². The molecule has 2 rings (SSSR count). The summed E-state index contributed by atoms with van der Waals surface area (Å²) in [5.41, 5.74) is 0.142. The Morgan fingerprint density at radius 3 is 2.31 bits per heavy atom. The monoisotopic (exact) mass is 414 g/mol. The molecular formula is C20H25F3N2O4. The summed E-state index contributed by atoms with van der Waals surface area (Å²) in [6.45, 7) is 3.84. The van der Waals surface area contributed by atoms with Crippen LogP contribution in [0.5, 0.6) is 5.75 Å². The Kier molecular flexibility index (Phi) is 7.64. The van der Waals surface area contributed by atoms with E-state index < -0.39 is 30.0 Å². The van der Waals surface area contributed by atoms with Crippen molar-refractivity contribution in [3.05, 3.63) is 24.3 Å². The molecule has 0 radical (unpaired) electrons. The van der Waals surface area contributed by atoms with Crippen LogP contribution < -0.4 is 9.64 Å². The van der Waals surface area contributed by atoms with Crippen LogP contribution in [0.4, 0.5) is 18.9 Å². The summed E-state index contributed by atoms with van der Waals surface area (Å²) in [4.78, 5) is 39.6. The number of nitrogens with zero attached hydrogens (tertiary/aromatic N) is 2. The average molecular weight is 414 g/mol. The molecule has 0 bridgehead atoms. The topological polar surface area (TPSA) is 66.9 Å². The lowest BCUT2D eigenvalue weighted by molar-refractivity contribution is -0.274. The number of carbonyl (C=O) groups excluding carboxylic acids is 3. The molecule has 0 N–H and O–H groups in total. The first-order chi connectivity index (χ1) is 13.6. The summed E-state index contributed by atoms with van der Waals surface area (Å²) in [6, 6.07) is 3.60. The highest BCUT2D eigenvalue weighted by Crippen LogP contribution is 2.29. The number of hydrogen-bond acceptors (Lipinski definition) is 4. The van der Waals surface area contributed by atoms with E-state index in [2.05, 4.69) is 11.7 Å². The van der Waals surface area contributed by atoms with Crippen molar-refractivity contribution in [1.82, 2.24) is 4.90 Å². The number of hydrogen-bond donors (Lipinski definition) is 0. The molecule has 6 nitrogen and oxygen atoms in total. The first-order valence-electron chi connectivity index (χ1n) is 9.64. The molecule has 1 fully saturated rings. The van der Waals surface area contributed by atoms with Gasteiger partial charge < -0.3 is 9.64 Å². The van der Waals surface area contributed by atoms with Crippen LogP contribution >= 0.6 is 0 Å². The van der Waals surface area contributed by atoms with Crippen molar-refractivity contribution < 1.29 is 32.3 Å². The lowest BCUT2D eigenvalue weighted by atomic mass is 10.1. The second kappa shape index (κ2) is 9.76. The molecule has 1 aliphatic rings. The van der Waals surface area contributed by atoms with Gasteiger partial charge in [0.2, 0.25) is 11.8 Å². The third-order valence-electron chi connectivity index (χ3n) is 4.73. The lowest BCUT2D eigenvalue weighted by Gasteiger charge is -2.26. The minimum Gasteiger partial charge on any atom is -0.406 e. The number of ether oxygens (including phenoxy) is 1. The molecule has 1 aromatic carbocycles. The van der Waals surface area contributed by atoms with Gasteiger partial charge in [-0.25, -0.2) is 4.90 Å². The number of unbranched alkanes of at least 4 members (excludes halogenated alkanes) is 4. The van der Waals surface area contributed by atoms with Gasteiger partial charge in [-0.15, -0.1) is 13.2 Å². The molecule has 0 spiro atoms. The SMILES string of the molecule is CCCCCCCN(C(C)=O)[C@H]1CC(=O)N(c2ccc(OC(F)(F)F)cc2)C1=O. The molecule has 1 aliphatic heterocycles. The zero-order valence-electron chi connectivity index (χ0n) is 16.5. The summed E-state index contributed by atoms with van der Waals surface area (Å²) in [6.07, 6.45) is -0.0775. The Morgan fingerprint density at radius 2 is 1.76 bits per heavy atom. The van der Waals surface area contributed by atoms with Crippen molar-refractivity contribution in [2.45, 2.75) is 64.8 Å². The second-order valence-corrected chi connectivity index (χ2v) is 6.96. The Bertz CT molecular complexity index is 734. The van der Waals surface area contributed by atoms with E-state index in [4.69, 9.17) is 0 Å². The highest BCUT2D eigenvalue weighted by molar-refractivity contribution is 6.23. The Hall–Kier alpha value is -2.58. The number of alkyl halides is 3. The molecule has 9 heteroatoms. The third-order valence-corrected chi connectivity index (χ3v) is 4.73. The quantitative estimate of drug-likeness (QED) is 0.452. The Balaban J connectivity index is 2.08. The number of benzene rings is 1. The van der Waals surface area contributed by atoms with Crippen molar-refractivity contribution in [1.29, 1.82) is 0 Å². The fourth-order valence-corrected chi connectivity index (χ4v) is 3.35. The van der Waals surface area contributed by atoms with E-state index in [1.54, 1.807) is 0 Å². The van der Waals surface area contributed by atoms with Gasteiger partial charge in [0.1, 0.15) is 11.8 Å². The van der Waals surface area contributed by atoms with E-state index >= 15 is 0 Å². The van der Waals surface area contributed by atoms with Crippen molar-refractivity contribution in [3.8, 4) is 5.75 Å². The van der Waals surface area contributed by atoms with Crippen LogP contribution in [0.3, 0.4) is 0 Å². The van der Waals surface area contributed by atoms with Crippen LogP contribution in [0.15, 0.2) is 24.3 Å². The molecule has 1 heterocycles. The maximum Gasteiger partial charge on any atom is 0.573 e. The molecule has 0 unspecified atom stereocenters. The summed E-state index contributed by atoms with van der Waals surface area (Å²) < 4.78 is 40.6. The maximum absolute atomic E-state index is 12.8. The van der Waals surface area contributed by atoms with E-state index in [1.807, 2.05) is 0 Å². The van der Waals surface area contributed by atoms with Gasteiger partial charge in [0.05, 0.1) is 12.1 Å². The number of halogens is 3.